The Morgan fingerprint density at radius 2 is 2.00 bits per heavy atom. The topological polar surface area (TPSA) is 66.4 Å². The van der Waals surface area contributed by atoms with Gasteiger partial charge in [-0.2, -0.15) is 0 Å². The first-order valence-electron chi connectivity index (χ1n) is 5.86. The number of carbonyl (C=O) groups excluding carboxylic acids is 1. The van der Waals surface area contributed by atoms with Crippen molar-refractivity contribution in [2.75, 3.05) is 5.32 Å². The molecule has 0 aliphatic heterocycles. The highest BCUT2D eigenvalue weighted by molar-refractivity contribution is 7.21. The number of carboxylic acid groups (broad SMARTS) is 1. The minimum atomic E-state index is -1.08. The largest absolute Gasteiger partial charge is 0.477 e. The van der Waals surface area contributed by atoms with Crippen molar-refractivity contribution in [3.63, 3.8) is 0 Å². The number of rotatable bonds is 3. The molecule has 3 rings (SSSR count). The van der Waals surface area contributed by atoms with Crippen molar-refractivity contribution in [1.82, 2.24) is 0 Å². The van der Waals surface area contributed by atoms with E-state index < -0.39 is 11.9 Å². The number of fused-ring (bicyclic) bond motifs is 1. The van der Waals surface area contributed by atoms with Gasteiger partial charge in [0.2, 0.25) is 0 Å². The van der Waals surface area contributed by atoms with E-state index in [-0.39, 0.29) is 16.4 Å². The van der Waals surface area contributed by atoms with Crippen LogP contribution in [0.25, 0.3) is 10.1 Å². The number of benzene rings is 1. The lowest BCUT2D eigenvalue weighted by molar-refractivity contribution is 0.0703. The van der Waals surface area contributed by atoms with E-state index in [1.54, 1.807) is 23.6 Å². The lowest BCUT2D eigenvalue weighted by atomic mass is 10.2. The molecule has 0 fully saturated rings. The maximum atomic E-state index is 13.1. The molecule has 3 aromatic rings. The molecule has 2 N–H and O–H groups in total. The van der Waals surface area contributed by atoms with Gasteiger partial charge in [0.15, 0.2) is 0 Å². The maximum absolute atomic E-state index is 13.1. The second-order valence-electron chi connectivity index (χ2n) is 4.22. The predicted octanol–water partition coefficient (Wildman–Crippen LogP) is 4.05. The van der Waals surface area contributed by atoms with Crippen molar-refractivity contribution >= 4 is 50.3 Å². The number of anilines is 1. The zero-order chi connectivity index (χ0) is 15.0. The third-order valence-electron chi connectivity index (χ3n) is 2.81. The van der Waals surface area contributed by atoms with Gasteiger partial charge in [0.1, 0.15) is 10.7 Å². The average Bonchev–Trinajstić information content (AvgIpc) is 3.04. The molecule has 1 aromatic carbocycles. The van der Waals surface area contributed by atoms with Crippen LogP contribution in [0.3, 0.4) is 0 Å². The van der Waals surface area contributed by atoms with Crippen LogP contribution < -0.4 is 5.32 Å². The Balaban J connectivity index is 1.90. The molecule has 0 bridgehead atoms. The number of carbonyl (C=O) groups is 2. The number of halogens is 1. The zero-order valence-electron chi connectivity index (χ0n) is 10.4. The Labute approximate surface area is 126 Å². The van der Waals surface area contributed by atoms with Gasteiger partial charge in [0.25, 0.3) is 5.91 Å². The van der Waals surface area contributed by atoms with Gasteiger partial charge in [-0.25, -0.2) is 9.18 Å². The lowest BCUT2D eigenvalue weighted by Crippen LogP contribution is -2.11. The fourth-order valence-electron chi connectivity index (χ4n) is 1.88. The number of carboxylic acids is 1. The third kappa shape index (κ3) is 2.65. The van der Waals surface area contributed by atoms with Crippen LogP contribution in [0.5, 0.6) is 0 Å². The van der Waals surface area contributed by atoms with Crippen LogP contribution in [0.15, 0.2) is 35.7 Å². The molecule has 0 unspecified atom stereocenters. The van der Waals surface area contributed by atoms with E-state index in [0.29, 0.717) is 10.3 Å². The number of thiophene rings is 2. The maximum Gasteiger partial charge on any atom is 0.348 e. The van der Waals surface area contributed by atoms with E-state index in [0.717, 1.165) is 16.0 Å². The van der Waals surface area contributed by atoms with E-state index in [2.05, 4.69) is 5.32 Å². The fraction of sp³-hybridized carbons (Fsp3) is 0. The fourth-order valence-corrected chi connectivity index (χ4v) is 3.51. The number of aromatic carboxylic acids is 1. The molecule has 2 aromatic heterocycles. The molecular formula is C14H8FNO3S2. The standard InChI is InChI=1S/C14H8FNO3S2/c15-8-1-2-10-7(5-8)6-11(21-10)13(17)16-9-3-4-20-12(9)14(18)19/h1-6H,(H,16,17)(H,18,19). The van der Waals surface area contributed by atoms with E-state index in [1.807, 2.05) is 0 Å². The third-order valence-corrected chi connectivity index (χ3v) is 4.83. The van der Waals surface area contributed by atoms with Gasteiger partial charge in [-0.05, 0) is 41.1 Å². The predicted molar refractivity (Wildman–Crippen MR) is 81.0 cm³/mol. The summed E-state index contributed by atoms with van der Waals surface area (Å²) in [6.07, 6.45) is 0. The quantitative estimate of drug-likeness (QED) is 0.764. The minimum absolute atomic E-state index is 0.0792. The second kappa shape index (κ2) is 5.27. The summed E-state index contributed by atoms with van der Waals surface area (Å²) in [5.74, 6) is -1.85. The molecule has 0 aliphatic carbocycles. The molecule has 7 heteroatoms. The van der Waals surface area contributed by atoms with Crippen molar-refractivity contribution < 1.29 is 19.1 Å². The molecule has 1 amide bonds. The van der Waals surface area contributed by atoms with Gasteiger partial charge in [-0.15, -0.1) is 22.7 Å². The summed E-state index contributed by atoms with van der Waals surface area (Å²) >= 11 is 2.27. The van der Waals surface area contributed by atoms with Gasteiger partial charge < -0.3 is 10.4 Å². The number of nitrogens with one attached hydrogen (secondary N) is 1. The number of hydrogen-bond acceptors (Lipinski definition) is 4. The van der Waals surface area contributed by atoms with Crippen LogP contribution in [0.2, 0.25) is 0 Å². The van der Waals surface area contributed by atoms with Crippen LogP contribution in [0, 0.1) is 5.82 Å². The highest BCUT2D eigenvalue weighted by Crippen LogP contribution is 2.28. The molecule has 4 nitrogen and oxygen atoms in total. The smallest absolute Gasteiger partial charge is 0.348 e. The first-order valence-corrected chi connectivity index (χ1v) is 7.55. The molecule has 0 radical (unpaired) electrons. The Kier molecular flexibility index (Phi) is 3.44. The summed E-state index contributed by atoms with van der Waals surface area (Å²) in [7, 11) is 0. The van der Waals surface area contributed by atoms with E-state index in [4.69, 9.17) is 5.11 Å². The molecule has 0 spiro atoms. The van der Waals surface area contributed by atoms with Crippen LogP contribution in [-0.4, -0.2) is 17.0 Å². The number of amides is 1. The Bertz CT molecular complexity index is 853. The molecule has 106 valence electrons. The SMILES string of the molecule is O=C(Nc1ccsc1C(=O)O)c1cc2cc(F)ccc2s1. The van der Waals surface area contributed by atoms with Crippen LogP contribution in [-0.2, 0) is 0 Å². The van der Waals surface area contributed by atoms with Gasteiger partial charge in [-0.3, -0.25) is 4.79 Å². The molecular weight excluding hydrogens is 313 g/mol. The van der Waals surface area contributed by atoms with Gasteiger partial charge in [-0.1, -0.05) is 0 Å². The van der Waals surface area contributed by atoms with Crippen LogP contribution in [0.1, 0.15) is 19.3 Å². The van der Waals surface area contributed by atoms with Gasteiger partial charge in [0.05, 0.1) is 10.6 Å². The molecule has 0 saturated carbocycles. The van der Waals surface area contributed by atoms with E-state index in [9.17, 15) is 14.0 Å². The summed E-state index contributed by atoms with van der Waals surface area (Å²) < 4.78 is 13.9. The summed E-state index contributed by atoms with van der Waals surface area (Å²) in [4.78, 5) is 23.6. The summed E-state index contributed by atoms with van der Waals surface area (Å²) in [5.41, 5.74) is 0.265. The molecule has 0 atom stereocenters. The average molecular weight is 321 g/mol. The first-order chi connectivity index (χ1) is 10.0. The monoisotopic (exact) mass is 321 g/mol. The summed E-state index contributed by atoms with van der Waals surface area (Å²) in [6, 6.07) is 7.43. The van der Waals surface area contributed by atoms with Crippen molar-refractivity contribution in [3.8, 4) is 0 Å². The Morgan fingerprint density at radius 1 is 1.19 bits per heavy atom. The Hall–Kier alpha value is -2.25. The normalized spacial score (nSPS) is 10.7. The summed E-state index contributed by atoms with van der Waals surface area (Å²) in [6.45, 7) is 0. The van der Waals surface area contributed by atoms with Crippen LogP contribution in [0.4, 0.5) is 10.1 Å². The zero-order valence-corrected chi connectivity index (χ0v) is 12.1. The summed E-state index contributed by atoms with van der Waals surface area (Å²) in [5, 5.41) is 13.8. The number of hydrogen-bond donors (Lipinski definition) is 2. The van der Waals surface area contributed by atoms with Crippen LogP contribution >= 0.6 is 22.7 Å². The second-order valence-corrected chi connectivity index (χ2v) is 6.22. The molecule has 2 heterocycles. The Morgan fingerprint density at radius 3 is 2.76 bits per heavy atom. The van der Waals surface area contributed by atoms with Crippen molar-refractivity contribution in [3.05, 3.63) is 51.3 Å². The van der Waals surface area contributed by atoms with Gasteiger partial charge >= 0.3 is 5.97 Å². The van der Waals surface area contributed by atoms with E-state index >= 15 is 0 Å². The van der Waals surface area contributed by atoms with E-state index in [1.165, 1.54) is 23.5 Å². The van der Waals surface area contributed by atoms with Crippen molar-refractivity contribution in [1.29, 1.82) is 0 Å². The first kappa shape index (κ1) is 13.7. The molecule has 0 saturated heterocycles. The van der Waals surface area contributed by atoms with Crippen molar-refractivity contribution in [2.45, 2.75) is 0 Å². The minimum Gasteiger partial charge on any atom is -0.477 e. The highest BCUT2D eigenvalue weighted by atomic mass is 32.1. The molecule has 21 heavy (non-hydrogen) atoms. The molecule has 0 aliphatic rings. The highest BCUT2D eigenvalue weighted by Gasteiger charge is 2.16. The lowest BCUT2D eigenvalue weighted by Gasteiger charge is -2.01. The van der Waals surface area contributed by atoms with Gasteiger partial charge in [0, 0.05) is 4.70 Å². The van der Waals surface area contributed by atoms with Crippen molar-refractivity contribution in [2.24, 2.45) is 0 Å².